The number of nitrogens with one attached hydrogen (secondary N) is 1. The minimum absolute atomic E-state index is 0.0938. The Morgan fingerprint density at radius 3 is 3.00 bits per heavy atom. The summed E-state index contributed by atoms with van der Waals surface area (Å²) >= 11 is 0. The van der Waals surface area contributed by atoms with Crippen LogP contribution in [0.1, 0.15) is 23.2 Å². The topological polar surface area (TPSA) is 58.6 Å². The van der Waals surface area contributed by atoms with Crippen LogP contribution in [0.3, 0.4) is 0 Å². The summed E-state index contributed by atoms with van der Waals surface area (Å²) in [6, 6.07) is 4.06. The first-order chi connectivity index (χ1) is 8.18. The fourth-order valence-corrected chi connectivity index (χ4v) is 1.91. The zero-order chi connectivity index (χ0) is 12.3. The molecule has 1 unspecified atom stereocenters. The molecule has 92 valence electrons. The van der Waals surface area contributed by atoms with Gasteiger partial charge in [0.2, 0.25) is 0 Å². The molecular weight excluding hydrogens is 225 g/mol. The highest BCUT2D eigenvalue weighted by Gasteiger charge is 2.21. The molecule has 1 aromatic rings. The molecule has 0 saturated carbocycles. The zero-order valence-corrected chi connectivity index (χ0v) is 9.28. The summed E-state index contributed by atoms with van der Waals surface area (Å²) < 4.78 is 18.9. The van der Waals surface area contributed by atoms with Gasteiger partial charge < -0.3 is 15.2 Å². The number of benzene rings is 1. The molecule has 0 bridgehead atoms. The summed E-state index contributed by atoms with van der Waals surface area (Å²) in [4.78, 5) is 10.9. The van der Waals surface area contributed by atoms with Crippen molar-refractivity contribution >= 4 is 5.97 Å². The van der Waals surface area contributed by atoms with Crippen LogP contribution in [-0.2, 0) is 0 Å². The summed E-state index contributed by atoms with van der Waals surface area (Å²) in [5.41, 5.74) is -0.391. The molecule has 0 amide bonds. The Hall–Kier alpha value is -1.62. The maximum atomic E-state index is 13.4. The Balaban J connectivity index is 2.19. The average Bonchev–Trinajstić information content (AvgIpc) is 2.30. The summed E-state index contributed by atoms with van der Waals surface area (Å²) in [5.74, 6) is -1.97. The van der Waals surface area contributed by atoms with Crippen LogP contribution in [-0.4, -0.2) is 30.3 Å². The van der Waals surface area contributed by atoms with Crippen LogP contribution >= 0.6 is 0 Å². The first-order valence-electron chi connectivity index (χ1n) is 5.57. The number of carboxylic acids is 1. The molecule has 0 radical (unpaired) electrons. The molecule has 0 aromatic heterocycles. The van der Waals surface area contributed by atoms with Gasteiger partial charge in [0, 0.05) is 6.54 Å². The van der Waals surface area contributed by atoms with E-state index in [0.717, 1.165) is 25.5 Å². The van der Waals surface area contributed by atoms with Crippen molar-refractivity contribution in [3.8, 4) is 5.75 Å². The summed E-state index contributed by atoms with van der Waals surface area (Å²) in [7, 11) is 0. The number of piperidine rings is 1. The van der Waals surface area contributed by atoms with E-state index in [1.165, 1.54) is 12.1 Å². The van der Waals surface area contributed by atoms with Crippen molar-refractivity contribution in [3.05, 3.63) is 29.6 Å². The van der Waals surface area contributed by atoms with Gasteiger partial charge in [0.05, 0.1) is 0 Å². The van der Waals surface area contributed by atoms with E-state index in [-0.39, 0.29) is 11.9 Å². The monoisotopic (exact) mass is 239 g/mol. The van der Waals surface area contributed by atoms with Crippen LogP contribution in [0.4, 0.5) is 4.39 Å². The molecule has 1 heterocycles. The third-order valence-corrected chi connectivity index (χ3v) is 2.73. The van der Waals surface area contributed by atoms with Crippen LogP contribution in [0.5, 0.6) is 5.75 Å². The van der Waals surface area contributed by atoms with Crippen molar-refractivity contribution in [2.75, 3.05) is 13.1 Å². The number of carboxylic acid groups (broad SMARTS) is 1. The van der Waals surface area contributed by atoms with Crippen LogP contribution in [0.25, 0.3) is 0 Å². The van der Waals surface area contributed by atoms with Gasteiger partial charge in [-0.3, -0.25) is 0 Å². The quantitative estimate of drug-likeness (QED) is 0.842. The Labute approximate surface area is 98.4 Å². The van der Waals surface area contributed by atoms with Gasteiger partial charge in [0.15, 0.2) is 0 Å². The fourth-order valence-electron chi connectivity index (χ4n) is 1.91. The highest BCUT2D eigenvalue weighted by Crippen LogP contribution is 2.23. The molecule has 4 nitrogen and oxygen atoms in total. The van der Waals surface area contributed by atoms with E-state index in [9.17, 15) is 9.18 Å². The molecule has 2 N–H and O–H groups in total. The Bertz CT molecular complexity index is 416. The lowest BCUT2D eigenvalue weighted by atomic mass is 10.1. The van der Waals surface area contributed by atoms with Crippen molar-refractivity contribution in [3.63, 3.8) is 0 Å². The van der Waals surface area contributed by atoms with Gasteiger partial charge >= 0.3 is 5.97 Å². The lowest BCUT2D eigenvalue weighted by Crippen LogP contribution is -2.37. The Kier molecular flexibility index (Phi) is 3.58. The number of halogens is 1. The smallest absolute Gasteiger partial charge is 0.342 e. The highest BCUT2D eigenvalue weighted by molar-refractivity contribution is 5.91. The zero-order valence-electron chi connectivity index (χ0n) is 9.28. The van der Waals surface area contributed by atoms with E-state index in [0.29, 0.717) is 6.54 Å². The second-order valence-corrected chi connectivity index (χ2v) is 4.00. The molecule has 1 atom stereocenters. The summed E-state index contributed by atoms with van der Waals surface area (Å²) in [6.45, 7) is 1.60. The number of rotatable bonds is 3. The molecule has 2 rings (SSSR count). The molecule has 5 heteroatoms. The van der Waals surface area contributed by atoms with Gasteiger partial charge in [0.1, 0.15) is 23.2 Å². The largest absolute Gasteiger partial charge is 0.488 e. The SMILES string of the molecule is O=C(O)c1c(F)cccc1OC1CCCNC1. The standard InChI is InChI=1S/C12H14FNO3/c13-9-4-1-5-10(11(9)12(15)16)17-8-3-2-6-14-7-8/h1,4-5,8,14H,2-3,6-7H2,(H,15,16). The van der Waals surface area contributed by atoms with Crippen molar-refractivity contribution in [1.82, 2.24) is 5.32 Å². The molecule has 17 heavy (non-hydrogen) atoms. The van der Waals surface area contributed by atoms with Crippen LogP contribution < -0.4 is 10.1 Å². The lowest BCUT2D eigenvalue weighted by Gasteiger charge is -2.24. The van der Waals surface area contributed by atoms with Gasteiger partial charge in [-0.05, 0) is 31.5 Å². The van der Waals surface area contributed by atoms with Crippen molar-refractivity contribution in [2.24, 2.45) is 0 Å². The molecule has 1 aromatic carbocycles. The third kappa shape index (κ3) is 2.74. The van der Waals surface area contributed by atoms with Crippen molar-refractivity contribution < 1.29 is 19.0 Å². The first-order valence-corrected chi connectivity index (χ1v) is 5.57. The summed E-state index contributed by atoms with van der Waals surface area (Å²) in [5, 5.41) is 12.1. The van der Waals surface area contributed by atoms with E-state index >= 15 is 0 Å². The predicted molar refractivity (Wildman–Crippen MR) is 59.9 cm³/mol. The molecule has 0 aliphatic carbocycles. The van der Waals surface area contributed by atoms with Crippen LogP contribution in [0.15, 0.2) is 18.2 Å². The number of ether oxygens (including phenoxy) is 1. The average molecular weight is 239 g/mol. The molecule has 0 spiro atoms. The Morgan fingerprint density at radius 2 is 2.35 bits per heavy atom. The van der Waals surface area contributed by atoms with E-state index in [2.05, 4.69) is 5.32 Å². The lowest BCUT2D eigenvalue weighted by molar-refractivity contribution is 0.0681. The second-order valence-electron chi connectivity index (χ2n) is 4.00. The number of hydrogen-bond acceptors (Lipinski definition) is 3. The van der Waals surface area contributed by atoms with Crippen LogP contribution in [0.2, 0.25) is 0 Å². The molecule has 1 aliphatic rings. The third-order valence-electron chi connectivity index (χ3n) is 2.73. The van der Waals surface area contributed by atoms with Gasteiger partial charge in [-0.15, -0.1) is 0 Å². The molecular formula is C12H14FNO3. The number of carbonyl (C=O) groups is 1. The van der Waals surface area contributed by atoms with Gasteiger partial charge in [0.25, 0.3) is 0 Å². The minimum atomic E-state index is -1.30. The molecule has 1 fully saturated rings. The van der Waals surface area contributed by atoms with Gasteiger partial charge in [-0.2, -0.15) is 0 Å². The maximum Gasteiger partial charge on any atom is 0.342 e. The normalized spacial score (nSPS) is 19.9. The van der Waals surface area contributed by atoms with E-state index in [4.69, 9.17) is 9.84 Å². The highest BCUT2D eigenvalue weighted by atomic mass is 19.1. The minimum Gasteiger partial charge on any atom is -0.488 e. The van der Waals surface area contributed by atoms with Crippen molar-refractivity contribution in [2.45, 2.75) is 18.9 Å². The van der Waals surface area contributed by atoms with E-state index in [1.54, 1.807) is 0 Å². The maximum absolute atomic E-state index is 13.4. The van der Waals surface area contributed by atoms with Gasteiger partial charge in [-0.1, -0.05) is 6.07 Å². The second kappa shape index (κ2) is 5.14. The first kappa shape index (κ1) is 11.9. The van der Waals surface area contributed by atoms with Gasteiger partial charge in [-0.25, -0.2) is 9.18 Å². The number of aromatic carboxylic acids is 1. The van der Waals surface area contributed by atoms with E-state index < -0.39 is 17.3 Å². The predicted octanol–water partition coefficient (Wildman–Crippen LogP) is 1.65. The molecule has 1 aliphatic heterocycles. The van der Waals surface area contributed by atoms with E-state index in [1.807, 2.05) is 0 Å². The molecule has 1 saturated heterocycles. The Morgan fingerprint density at radius 1 is 1.53 bits per heavy atom. The summed E-state index contributed by atoms with van der Waals surface area (Å²) in [6.07, 6.45) is 1.73. The number of hydrogen-bond donors (Lipinski definition) is 2. The fraction of sp³-hybridized carbons (Fsp3) is 0.417. The van der Waals surface area contributed by atoms with Crippen molar-refractivity contribution in [1.29, 1.82) is 0 Å². The van der Waals surface area contributed by atoms with Crippen LogP contribution in [0, 0.1) is 5.82 Å².